The maximum absolute atomic E-state index is 12.1. The van der Waals surface area contributed by atoms with Gasteiger partial charge < -0.3 is 5.32 Å². The molecule has 0 bridgehead atoms. The molecule has 0 aliphatic carbocycles. The van der Waals surface area contributed by atoms with E-state index in [1.54, 1.807) is 24.3 Å². The van der Waals surface area contributed by atoms with Crippen LogP contribution in [0.15, 0.2) is 42.5 Å². The minimum atomic E-state index is -0.204. The minimum absolute atomic E-state index is 0.204. The number of nitrogens with one attached hydrogen (secondary N) is 1. The van der Waals surface area contributed by atoms with Crippen LogP contribution in [0.5, 0.6) is 0 Å². The number of carbonyl (C=O) groups excluding carboxylic acids is 1. The lowest BCUT2D eigenvalue weighted by atomic mass is 10.2. The average molecular weight is 392 g/mol. The summed E-state index contributed by atoms with van der Waals surface area (Å²) in [5.74, 6) is -0.204. The normalized spacial score (nSPS) is 10.2. The van der Waals surface area contributed by atoms with Gasteiger partial charge in [-0.3, -0.25) is 4.79 Å². The van der Waals surface area contributed by atoms with Crippen LogP contribution in [-0.2, 0) is 0 Å². The van der Waals surface area contributed by atoms with Gasteiger partial charge in [-0.05, 0) is 46.9 Å². The highest BCUT2D eigenvalue weighted by atomic mass is 127. The van der Waals surface area contributed by atoms with E-state index in [1.807, 2.05) is 18.2 Å². The van der Waals surface area contributed by atoms with Gasteiger partial charge in [0.1, 0.15) is 0 Å². The first-order valence-corrected chi connectivity index (χ1v) is 6.93. The van der Waals surface area contributed by atoms with E-state index in [4.69, 9.17) is 23.2 Å². The topological polar surface area (TPSA) is 29.1 Å². The molecule has 0 saturated heterocycles. The van der Waals surface area contributed by atoms with E-state index in [2.05, 4.69) is 27.9 Å². The summed E-state index contributed by atoms with van der Waals surface area (Å²) in [5.41, 5.74) is 1.11. The van der Waals surface area contributed by atoms with Crippen LogP contribution in [0.3, 0.4) is 0 Å². The Labute approximate surface area is 128 Å². The van der Waals surface area contributed by atoms with Crippen molar-refractivity contribution in [3.63, 3.8) is 0 Å². The zero-order valence-corrected chi connectivity index (χ0v) is 12.8. The predicted molar refractivity (Wildman–Crippen MR) is 83.6 cm³/mol. The number of anilines is 1. The molecule has 2 aromatic rings. The van der Waals surface area contributed by atoms with Gasteiger partial charge in [-0.1, -0.05) is 41.4 Å². The van der Waals surface area contributed by atoms with Gasteiger partial charge in [0.05, 0.1) is 21.3 Å². The van der Waals surface area contributed by atoms with Crippen LogP contribution in [0.2, 0.25) is 10.0 Å². The third-order valence-electron chi connectivity index (χ3n) is 2.32. The molecule has 0 heterocycles. The van der Waals surface area contributed by atoms with Crippen LogP contribution in [0.4, 0.5) is 5.69 Å². The molecule has 1 N–H and O–H groups in total. The Morgan fingerprint density at radius 3 is 2.50 bits per heavy atom. The molecule has 92 valence electrons. The fourth-order valence-electron chi connectivity index (χ4n) is 1.44. The second-order valence-electron chi connectivity index (χ2n) is 3.54. The van der Waals surface area contributed by atoms with Crippen molar-refractivity contribution in [1.82, 2.24) is 0 Å². The van der Waals surface area contributed by atoms with Crippen molar-refractivity contribution in [2.75, 3.05) is 5.32 Å². The van der Waals surface area contributed by atoms with Gasteiger partial charge in [-0.15, -0.1) is 0 Å². The molecule has 0 aromatic heterocycles. The third-order valence-corrected chi connectivity index (χ3v) is 4.08. The van der Waals surface area contributed by atoms with Gasteiger partial charge in [0, 0.05) is 3.57 Å². The first-order valence-electron chi connectivity index (χ1n) is 5.09. The molecule has 0 fully saturated rings. The smallest absolute Gasteiger partial charge is 0.256 e. The quantitative estimate of drug-likeness (QED) is 0.728. The van der Waals surface area contributed by atoms with Gasteiger partial charge in [0.2, 0.25) is 0 Å². The SMILES string of the molecule is O=C(Nc1cccc(Cl)c1Cl)c1ccccc1I. The van der Waals surface area contributed by atoms with Crippen LogP contribution in [-0.4, -0.2) is 5.91 Å². The van der Waals surface area contributed by atoms with E-state index in [1.165, 1.54) is 0 Å². The first-order chi connectivity index (χ1) is 8.59. The van der Waals surface area contributed by atoms with Crippen molar-refractivity contribution in [2.24, 2.45) is 0 Å². The molecule has 0 unspecified atom stereocenters. The Hall–Kier alpha value is -0.780. The molecule has 5 heteroatoms. The number of benzene rings is 2. The van der Waals surface area contributed by atoms with Crippen molar-refractivity contribution < 1.29 is 4.79 Å². The predicted octanol–water partition coefficient (Wildman–Crippen LogP) is 4.85. The summed E-state index contributed by atoms with van der Waals surface area (Å²) < 4.78 is 0.880. The number of hydrogen-bond acceptors (Lipinski definition) is 1. The van der Waals surface area contributed by atoms with Crippen LogP contribution in [0.25, 0.3) is 0 Å². The first kappa shape index (κ1) is 13.6. The Balaban J connectivity index is 2.27. The molecule has 2 nitrogen and oxygen atoms in total. The lowest BCUT2D eigenvalue weighted by Gasteiger charge is -2.09. The summed E-state index contributed by atoms with van der Waals surface area (Å²) in [5, 5.41) is 3.51. The molecule has 0 radical (unpaired) electrons. The van der Waals surface area contributed by atoms with Gasteiger partial charge in [-0.25, -0.2) is 0 Å². The van der Waals surface area contributed by atoms with Crippen LogP contribution < -0.4 is 5.32 Å². The zero-order valence-electron chi connectivity index (χ0n) is 9.08. The summed E-state index contributed by atoms with van der Waals surface area (Å²) in [4.78, 5) is 12.1. The van der Waals surface area contributed by atoms with Crippen molar-refractivity contribution in [3.05, 3.63) is 61.6 Å². The van der Waals surface area contributed by atoms with Crippen molar-refractivity contribution in [3.8, 4) is 0 Å². The van der Waals surface area contributed by atoms with E-state index >= 15 is 0 Å². The highest BCUT2D eigenvalue weighted by Crippen LogP contribution is 2.30. The Morgan fingerprint density at radius 1 is 1.06 bits per heavy atom. The molecule has 0 aliphatic heterocycles. The van der Waals surface area contributed by atoms with Crippen LogP contribution >= 0.6 is 45.8 Å². The summed E-state index contributed by atoms with van der Waals surface area (Å²) in [6, 6.07) is 12.4. The van der Waals surface area contributed by atoms with Gasteiger partial charge in [0.15, 0.2) is 0 Å². The molecule has 0 spiro atoms. The fraction of sp³-hybridized carbons (Fsp3) is 0. The molecular weight excluding hydrogens is 384 g/mol. The van der Waals surface area contributed by atoms with Crippen molar-refractivity contribution in [2.45, 2.75) is 0 Å². The van der Waals surface area contributed by atoms with E-state index in [0.29, 0.717) is 21.3 Å². The van der Waals surface area contributed by atoms with E-state index in [-0.39, 0.29) is 5.91 Å². The molecule has 0 atom stereocenters. The molecule has 1 amide bonds. The molecule has 0 aliphatic rings. The summed E-state index contributed by atoms with van der Waals surface area (Å²) in [6.45, 7) is 0. The maximum Gasteiger partial charge on any atom is 0.256 e. The Morgan fingerprint density at radius 2 is 1.78 bits per heavy atom. The average Bonchev–Trinajstić information content (AvgIpc) is 2.35. The van der Waals surface area contributed by atoms with E-state index in [9.17, 15) is 4.79 Å². The number of halogens is 3. The van der Waals surface area contributed by atoms with Crippen LogP contribution in [0, 0.1) is 3.57 Å². The van der Waals surface area contributed by atoms with Crippen LogP contribution in [0.1, 0.15) is 10.4 Å². The van der Waals surface area contributed by atoms with Gasteiger partial charge in [0.25, 0.3) is 5.91 Å². The number of carbonyl (C=O) groups is 1. The fourth-order valence-corrected chi connectivity index (χ4v) is 2.42. The zero-order chi connectivity index (χ0) is 13.1. The molecule has 18 heavy (non-hydrogen) atoms. The number of hydrogen-bond donors (Lipinski definition) is 1. The lowest BCUT2D eigenvalue weighted by Crippen LogP contribution is -2.13. The standard InChI is InChI=1S/C13H8Cl2INO/c14-9-5-3-7-11(12(9)15)17-13(18)8-4-1-2-6-10(8)16/h1-7H,(H,17,18). The molecule has 2 aromatic carbocycles. The van der Waals surface area contributed by atoms with Gasteiger partial charge >= 0.3 is 0 Å². The molecule has 2 rings (SSSR count). The molecule has 0 saturated carbocycles. The van der Waals surface area contributed by atoms with Crippen molar-refractivity contribution in [1.29, 1.82) is 0 Å². The largest absolute Gasteiger partial charge is 0.321 e. The highest BCUT2D eigenvalue weighted by Gasteiger charge is 2.12. The van der Waals surface area contributed by atoms with Gasteiger partial charge in [-0.2, -0.15) is 0 Å². The summed E-state index contributed by atoms with van der Waals surface area (Å²) >= 11 is 14.0. The summed E-state index contributed by atoms with van der Waals surface area (Å²) in [7, 11) is 0. The third kappa shape index (κ3) is 2.96. The number of amides is 1. The second-order valence-corrected chi connectivity index (χ2v) is 5.48. The van der Waals surface area contributed by atoms with E-state index in [0.717, 1.165) is 3.57 Å². The Bertz CT molecular complexity index is 601. The lowest BCUT2D eigenvalue weighted by molar-refractivity contribution is 0.102. The van der Waals surface area contributed by atoms with E-state index < -0.39 is 0 Å². The Kier molecular flexibility index (Phi) is 4.48. The minimum Gasteiger partial charge on any atom is -0.321 e. The maximum atomic E-state index is 12.1. The van der Waals surface area contributed by atoms with Crippen molar-refractivity contribution >= 4 is 57.4 Å². The second kappa shape index (κ2) is 5.91. The number of rotatable bonds is 2. The highest BCUT2D eigenvalue weighted by molar-refractivity contribution is 14.1. The molecular formula is C13H8Cl2INO. The summed E-state index contributed by atoms with van der Waals surface area (Å²) in [6.07, 6.45) is 0. The monoisotopic (exact) mass is 391 g/mol.